The number of alkyl halides is 2. The van der Waals surface area contributed by atoms with Crippen molar-refractivity contribution in [1.29, 1.82) is 0 Å². The number of guanidine groups is 1. The number of hydrogen-bond acceptors (Lipinski definition) is 6. The zero-order valence-corrected chi connectivity index (χ0v) is 20.0. The molecule has 2 heterocycles. The van der Waals surface area contributed by atoms with Gasteiger partial charge in [-0.2, -0.15) is 8.78 Å². The molecular weight excluding hydrogens is 549 g/mol. The summed E-state index contributed by atoms with van der Waals surface area (Å²) in [7, 11) is 0. The second kappa shape index (κ2) is 11.7. The molecule has 11 heteroatoms. The molecule has 0 bridgehead atoms. The third-order valence-electron chi connectivity index (χ3n) is 4.54. The number of ether oxygens (including phenoxy) is 3. The van der Waals surface area contributed by atoms with Gasteiger partial charge in [0.15, 0.2) is 23.2 Å². The highest BCUT2D eigenvalue weighted by molar-refractivity contribution is 14.0. The monoisotopic (exact) mass is 572 g/mol. The average molecular weight is 572 g/mol. The minimum atomic E-state index is -2.96. The zero-order valence-electron chi connectivity index (χ0n) is 17.7. The Balaban J connectivity index is 0.00000306. The van der Waals surface area contributed by atoms with Gasteiger partial charge in [-0.05, 0) is 13.0 Å². The number of benzene rings is 2. The SMILES string of the molecule is CCNC(=NCc1cc2c(cc1OC(F)F)OCO2)NCc1ncc(-c2ccccc2)o1.I. The Kier molecular flexibility index (Phi) is 8.69. The van der Waals surface area contributed by atoms with E-state index in [0.717, 1.165) is 5.56 Å². The molecule has 0 spiro atoms. The smallest absolute Gasteiger partial charge is 0.387 e. The van der Waals surface area contributed by atoms with Gasteiger partial charge in [-0.15, -0.1) is 24.0 Å². The number of nitrogens with zero attached hydrogens (tertiary/aromatic N) is 2. The largest absolute Gasteiger partial charge is 0.454 e. The summed E-state index contributed by atoms with van der Waals surface area (Å²) in [6.45, 7) is -0.0414. The summed E-state index contributed by atoms with van der Waals surface area (Å²) < 4.78 is 46.7. The van der Waals surface area contributed by atoms with Gasteiger partial charge in [0.05, 0.1) is 19.3 Å². The molecule has 0 radical (unpaired) electrons. The van der Waals surface area contributed by atoms with Crippen LogP contribution in [0.15, 0.2) is 58.1 Å². The number of fused-ring (bicyclic) bond motifs is 1. The Labute approximate surface area is 206 Å². The van der Waals surface area contributed by atoms with Gasteiger partial charge in [0.25, 0.3) is 0 Å². The molecule has 176 valence electrons. The van der Waals surface area contributed by atoms with Crippen LogP contribution in [-0.2, 0) is 13.1 Å². The van der Waals surface area contributed by atoms with Crippen molar-refractivity contribution >= 4 is 29.9 Å². The van der Waals surface area contributed by atoms with Crippen LogP contribution in [0.2, 0.25) is 0 Å². The summed E-state index contributed by atoms with van der Waals surface area (Å²) in [5.74, 6) is 2.42. The summed E-state index contributed by atoms with van der Waals surface area (Å²) in [5, 5.41) is 6.22. The maximum absolute atomic E-state index is 12.8. The van der Waals surface area contributed by atoms with E-state index >= 15 is 0 Å². The molecule has 4 rings (SSSR count). The van der Waals surface area contributed by atoms with Crippen LogP contribution in [0.5, 0.6) is 17.2 Å². The molecule has 1 aromatic heterocycles. The van der Waals surface area contributed by atoms with Crippen LogP contribution in [0.1, 0.15) is 18.4 Å². The first-order chi connectivity index (χ1) is 15.6. The molecule has 0 atom stereocenters. The lowest BCUT2D eigenvalue weighted by Crippen LogP contribution is -2.36. The van der Waals surface area contributed by atoms with Crippen LogP contribution in [0.3, 0.4) is 0 Å². The van der Waals surface area contributed by atoms with Gasteiger partial charge >= 0.3 is 6.61 Å². The van der Waals surface area contributed by atoms with Crippen molar-refractivity contribution in [2.24, 2.45) is 4.99 Å². The highest BCUT2D eigenvalue weighted by Gasteiger charge is 2.20. The fourth-order valence-corrected chi connectivity index (χ4v) is 3.09. The lowest BCUT2D eigenvalue weighted by atomic mass is 10.1. The Hall–Kier alpha value is -3.09. The molecule has 0 aliphatic carbocycles. The number of halogens is 3. The zero-order chi connectivity index (χ0) is 22.3. The predicted octanol–water partition coefficient (Wildman–Crippen LogP) is 4.55. The van der Waals surface area contributed by atoms with E-state index in [1.807, 2.05) is 37.3 Å². The topological polar surface area (TPSA) is 90.1 Å². The van der Waals surface area contributed by atoms with E-state index in [2.05, 4.69) is 25.3 Å². The molecule has 0 saturated carbocycles. The Morgan fingerprint density at radius 2 is 1.91 bits per heavy atom. The van der Waals surface area contributed by atoms with Crippen LogP contribution in [0.4, 0.5) is 8.78 Å². The van der Waals surface area contributed by atoms with Gasteiger partial charge in [-0.1, -0.05) is 30.3 Å². The minimum absolute atomic E-state index is 0. The molecule has 0 saturated heterocycles. The van der Waals surface area contributed by atoms with Crippen LogP contribution in [0.25, 0.3) is 11.3 Å². The van der Waals surface area contributed by atoms with Crippen molar-refractivity contribution in [2.75, 3.05) is 13.3 Å². The highest BCUT2D eigenvalue weighted by atomic mass is 127. The molecule has 0 unspecified atom stereocenters. The molecule has 1 aliphatic rings. The maximum atomic E-state index is 12.8. The average Bonchev–Trinajstić information content (AvgIpc) is 3.45. The lowest BCUT2D eigenvalue weighted by Gasteiger charge is -2.13. The third kappa shape index (κ3) is 6.46. The number of aromatic nitrogens is 1. The second-order valence-electron chi connectivity index (χ2n) is 6.72. The van der Waals surface area contributed by atoms with Gasteiger partial charge in [0.1, 0.15) is 5.75 Å². The molecular formula is C22H23F2IN4O4. The standard InChI is InChI=1S/C22H22F2N4O4.HI/c1-2-25-22(28-12-20-26-11-19(31-20)14-6-4-3-5-7-14)27-10-15-8-17-18(30-13-29-17)9-16(15)32-21(23)24;/h3-9,11,21H,2,10,12-13H2,1H3,(H2,25,27,28);1H. The summed E-state index contributed by atoms with van der Waals surface area (Å²) in [6.07, 6.45) is 1.66. The van der Waals surface area contributed by atoms with E-state index in [9.17, 15) is 8.78 Å². The molecule has 2 aromatic carbocycles. The summed E-state index contributed by atoms with van der Waals surface area (Å²) in [6, 6.07) is 12.6. The van der Waals surface area contributed by atoms with E-state index in [4.69, 9.17) is 13.9 Å². The molecule has 0 amide bonds. The maximum Gasteiger partial charge on any atom is 0.387 e. The lowest BCUT2D eigenvalue weighted by molar-refractivity contribution is -0.0505. The fourth-order valence-electron chi connectivity index (χ4n) is 3.09. The van der Waals surface area contributed by atoms with Crippen molar-refractivity contribution in [1.82, 2.24) is 15.6 Å². The van der Waals surface area contributed by atoms with Crippen LogP contribution >= 0.6 is 24.0 Å². The van der Waals surface area contributed by atoms with E-state index < -0.39 is 6.61 Å². The van der Waals surface area contributed by atoms with Crippen molar-refractivity contribution in [2.45, 2.75) is 26.6 Å². The van der Waals surface area contributed by atoms with Crippen molar-refractivity contribution in [3.8, 4) is 28.6 Å². The van der Waals surface area contributed by atoms with Gasteiger partial charge in [0.2, 0.25) is 12.7 Å². The Morgan fingerprint density at radius 3 is 2.64 bits per heavy atom. The Bertz CT molecular complexity index is 1080. The molecule has 0 fully saturated rings. The molecule has 33 heavy (non-hydrogen) atoms. The third-order valence-corrected chi connectivity index (χ3v) is 4.54. The van der Waals surface area contributed by atoms with Crippen LogP contribution in [-0.4, -0.2) is 30.9 Å². The number of aliphatic imine (C=N–C) groups is 1. The number of rotatable bonds is 8. The van der Waals surface area contributed by atoms with Gasteiger partial charge in [-0.25, -0.2) is 9.98 Å². The van der Waals surface area contributed by atoms with Crippen molar-refractivity contribution < 1.29 is 27.4 Å². The van der Waals surface area contributed by atoms with E-state index in [1.165, 1.54) is 6.07 Å². The second-order valence-corrected chi connectivity index (χ2v) is 6.72. The van der Waals surface area contributed by atoms with Gasteiger partial charge < -0.3 is 29.3 Å². The van der Waals surface area contributed by atoms with Gasteiger partial charge in [0, 0.05) is 23.7 Å². The highest BCUT2D eigenvalue weighted by Crippen LogP contribution is 2.39. The minimum Gasteiger partial charge on any atom is -0.454 e. The summed E-state index contributed by atoms with van der Waals surface area (Å²) in [4.78, 5) is 8.74. The van der Waals surface area contributed by atoms with Crippen molar-refractivity contribution in [3.63, 3.8) is 0 Å². The first-order valence-electron chi connectivity index (χ1n) is 10.0. The first kappa shape index (κ1) is 24.6. The van der Waals surface area contributed by atoms with Gasteiger partial charge in [-0.3, -0.25) is 0 Å². The molecule has 8 nitrogen and oxygen atoms in total. The number of oxazole rings is 1. The van der Waals surface area contributed by atoms with E-state index in [0.29, 0.717) is 47.8 Å². The van der Waals surface area contributed by atoms with Crippen molar-refractivity contribution in [3.05, 3.63) is 60.1 Å². The van der Waals surface area contributed by atoms with Crippen LogP contribution in [0, 0.1) is 0 Å². The first-order valence-corrected chi connectivity index (χ1v) is 10.0. The van der Waals surface area contributed by atoms with E-state index in [-0.39, 0.29) is 43.1 Å². The van der Waals surface area contributed by atoms with Crippen LogP contribution < -0.4 is 24.8 Å². The fraction of sp³-hybridized carbons (Fsp3) is 0.273. The predicted molar refractivity (Wildman–Crippen MR) is 128 cm³/mol. The van der Waals surface area contributed by atoms with E-state index in [1.54, 1.807) is 12.3 Å². The number of nitrogens with one attached hydrogen (secondary N) is 2. The summed E-state index contributed by atoms with van der Waals surface area (Å²) >= 11 is 0. The molecule has 2 N–H and O–H groups in total. The normalized spacial score (nSPS) is 12.4. The summed E-state index contributed by atoms with van der Waals surface area (Å²) in [5.41, 5.74) is 1.37. The molecule has 1 aliphatic heterocycles. The quantitative estimate of drug-likeness (QED) is 0.233. The number of hydrogen-bond donors (Lipinski definition) is 2. The molecule has 3 aromatic rings. The Morgan fingerprint density at radius 1 is 1.15 bits per heavy atom.